The highest BCUT2D eigenvalue weighted by Crippen LogP contribution is 2.31. The van der Waals surface area contributed by atoms with Crippen LogP contribution in [0.2, 0.25) is 0 Å². The molecule has 0 aromatic heterocycles. The third-order valence-electron chi connectivity index (χ3n) is 3.55. The van der Waals surface area contributed by atoms with E-state index < -0.39 is 0 Å². The van der Waals surface area contributed by atoms with Gasteiger partial charge in [-0.15, -0.1) is 0 Å². The molecule has 3 heteroatoms. The minimum atomic E-state index is 0.0770. The molecule has 0 aliphatic rings. The number of nitrogens with two attached hydrogens (primary N) is 1. The summed E-state index contributed by atoms with van der Waals surface area (Å²) in [6.45, 7) is 8.57. The summed E-state index contributed by atoms with van der Waals surface area (Å²) in [6, 6.07) is 8.49. The number of benzene rings is 1. The Labute approximate surface area is 117 Å². The van der Waals surface area contributed by atoms with Gasteiger partial charge in [0.2, 0.25) is 0 Å². The van der Waals surface area contributed by atoms with Gasteiger partial charge in [-0.2, -0.15) is 0 Å². The number of hydrogen-bond acceptors (Lipinski definition) is 3. The van der Waals surface area contributed by atoms with Crippen molar-refractivity contribution in [3.05, 3.63) is 29.8 Å². The Kier molecular flexibility index (Phi) is 6.89. The zero-order valence-corrected chi connectivity index (χ0v) is 12.7. The first kappa shape index (κ1) is 16.0. The molecule has 0 spiro atoms. The maximum Gasteiger partial charge on any atom is 0.123 e. The molecule has 2 N–H and O–H groups in total. The predicted molar refractivity (Wildman–Crippen MR) is 81.5 cm³/mol. The quantitative estimate of drug-likeness (QED) is 0.783. The molecule has 1 aromatic rings. The molecule has 108 valence electrons. The molecule has 0 bridgehead atoms. The number of nitrogens with zero attached hydrogens (tertiary/aromatic N) is 1. The minimum Gasteiger partial charge on any atom is -0.496 e. The van der Waals surface area contributed by atoms with Crippen LogP contribution in [0.4, 0.5) is 0 Å². The van der Waals surface area contributed by atoms with Gasteiger partial charge in [-0.1, -0.05) is 38.5 Å². The molecule has 19 heavy (non-hydrogen) atoms. The van der Waals surface area contributed by atoms with Crippen LogP contribution in [-0.2, 0) is 0 Å². The lowest BCUT2D eigenvalue weighted by Crippen LogP contribution is -2.40. The van der Waals surface area contributed by atoms with Crippen molar-refractivity contribution in [2.24, 2.45) is 5.73 Å². The molecule has 3 nitrogen and oxygen atoms in total. The van der Waals surface area contributed by atoms with Crippen LogP contribution in [0.25, 0.3) is 0 Å². The Morgan fingerprint density at radius 1 is 1.26 bits per heavy atom. The summed E-state index contributed by atoms with van der Waals surface area (Å²) < 4.78 is 5.49. The molecule has 0 saturated carbocycles. The van der Waals surface area contributed by atoms with Crippen LogP contribution >= 0.6 is 0 Å². The molecule has 0 aliphatic carbocycles. The number of rotatable bonds is 8. The zero-order chi connectivity index (χ0) is 14.3. The van der Waals surface area contributed by atoms with Crippen molar-refractivity contribution in [1.29, 1.82) is 0 Å². The van der Waals surface area contributed by atoms with Crippen molar-refractivity contribution >= 4 is 0 Å². The van der Waals surface area contributed by atoms with Gasteiger partial charge in [-0.25, -0.2) is 0 Å². The summed E-state index contributed by atoms with van der Waals surface area (Å²) in [7, 11) is 1.72. The summed E-state index contributed by atoms with van der Waals surface area (Å²) >= 11 is 0. The Balaban J connectivity index is 3.04. The zero-order valence-electron chi connectivity index (χ0n) is 12.7. The number of methoxy groups -OCH3 is 1. The van der Waals surface area contributed by atoms with Gasteiger partial charge in [0.1, 0.15) is 5.75 Å². The molecule has 0 saturated heterocycles. The second-order valence-corrected chi connectivity index (χ2v) is 5.03. The predicted octanol–water partition coefficient (Wildman–Crippen LogP) is 3.21. The van der Waals surface area contributed by atoms with E-state index >= 15 is 0 Å². The smallest absolute Gasteiger partial charge is 0.123 e. The van der Waals surface area contributed by atoms with Gasteiger partial charge in [0.15, 0.2) is 0 Å². The summed E-state index contributed by atoms with van der Waals surface area (Å²) in [4.78, 5) is 2.45. The van der Waals surface area contributed by atoms with Crippen LogP contribution in [0.5, 0.6) is 5.75 Å². The largest absolute Gasteiger partial charge is 0.496 e. The minimum absolute atomic E-state index is 0.0770. The fourth-order valence-corrected chi connectivity index (χ4v) is 2.58. The van der Waals surface area contributed by atoms with E-state index in [1.807, 2.05) is 12.1 Å². The van der Waals surface area contributed by atoms with Crippen molar-refractivity contribution in [1.82, 2.24) is 4.90 Å². The van der Waals surface area contributed by atoms with Crippen molar-refractivity contribution in [3.63, 3.8) is 0 Å². The standard InChI is InChI=1S/C16H28N2O/c1-5-7-12-18(6-2)16(13(3)17)14-10-8-9-11-15(14)19-4/h8-11,13,16H,5-7,12,17H2,1-4H3. The lowest BCUT2D eigenvalue weighted by Gasteiger charge is -2.34. The molecule has 1 rings (SSSR count). The van der Waals surface area contributed by atoms with Crippen LogP contribution in [0.1, 0.15) is 45.2 Å². The molecular formula is C16H28N2O. The molecular weight excluding hydrogens is 236 g/mol. The number of ether oxygens (including phenoxy) is 1. The molecule has 0 amide bonds. The third kappa shape index (κ3) is 4.22. The highest BCUT2D eigenvalue weighted by Gasteiger charge is 2.25. The number of hydrogen-bond donors (Lipinski definition) is 1. The molecule has 1 aromatic carbocycles. The topological polar surface area (TPSA) is 38.5 Å². The van der Waals surface area contributed by atoms with E-state index in [0.29, 0.717) is 0 Å². The average molecular weight is 264 g/mol. The van der Waals surface area contributed by atoms with Crippen molar-refractivity contribution in [3.8, 4) is 5.75 Å². The summed E-state index contributed by atoms with van der Waals surface area (Å²) in [5.41, 5.74) is 7.44. The lowest BCUT2D eigenvalue weighted by atomic mass is 9.97. The monoisotopic (exact) mass is 264 g/mol. The van der Waals surface area contributed by atoms with E-state index in [9.17, 15) is 0 Å². The van der Waals surface area contributed by atoms with Gasteiger partial charge in [0, 0.05) is 11.6 Å². The van der Waals surface area contributed by atoms with Gasteiger partial charge in [0.25, 0.3) is 0 Å². The number of likely N-dealkylation sites (N-methyl/N-ethyl adjacent to an activating group) is 1. The summed E-state index contributed by atoms with van der Waals surface area (Å²) in [6.07, 6.45) is 2.40. The van der Waals surface area contributed by atoms with E-state index in [1.165, 1.54) is 18.4 Å². The number of para-hydroxylation sites is 1. The maximum absolute atomic E-state index is 6.24. The Bertz CT molecular complexity index is 366. The van der Waals surface area contributed by atoms with Crippen LogP contribution in [0.15, 0.2) is 24.3 Å². The molecule has 0 fully saturated rings. The average Bonchev–Trinajstić information content (AvgIpc) is 2.43. The van der Waals surface area contributed by atoms with Gasteiger partial charge in [-0.3, -0.25) is 4.90 Å². The van der Waals surface area contributed by atoms with E-state index in [0.717, 1.165) is 18.8 Å². The Morgan fingerprint density at radius 2 is 1.95 bits per heavy atom. The fourth-order valence-electron chi connectivity index (χ4n) is 2.58. The Hall–Kier alpha value is -1.06. The number of unbranched alkanes of at least 4 members (excludes halogenated alkanes) is 1. The van der Waals surface area contributed by atoms with E-state index in [4.69, 9.17) is 10.5 Å². The maximum atomic E-state index is 6.24. The van der Waals surface area contributed by atoms with Crippen molar-refractivity contribution in [2.45, 2.75) is 45.7 Å². The first-order valence-corrected chi connectivity index (χ1v) is 7.28. The first-order valence-electron chi connectivity index (χ1n) is 7.28. The second-order valence-electron chi connectivity index (χ2n) is 5.03. The van der Waals surface area contributed by atoms with Crippen LogP contribution in [0.3, 0.4) is 0 Å². The van der Waals surface area contributed by atoms with Gasteiger partial charge >= 0.3 is 0 Å². The van der Waals surface area contributed by atoms with Crippen LogP contribution in [0, 0.1) is 0 Å². The summed E-state index contributed by atoms with van der Waals surface area (Å²) in [5, 5.41) is 0. The molecule has 2 unspecified atom stereocenters. The second kappa shape index (κ2) is 8.18. The molecule has 0 aliphatic heterocycles. The van der Waals surface area contributed by atoms with Crippen LogP contribution in [-0.4, -0.2) is 31.1 Å². The molecule has 0 radical (unpaired) electrons. The first-order chi connectivity index (χ1) is 9.15. The third-order valence-corrected chi connectivity index (χ3v) is 3.55. The van der Waals surface area contributed by atoms with Gasteiger partial charge < -0.3 is 10.5 Å². The summed E-state index contributed by atoms with van der Waals surface area (Å²) in [5.74, 6) is 0.930. The van der Waals surface area contributed by atoms with Crippen LogP contribution < -0.4 is 10.5 Å². The molecule has 2 atom stereocenters. The lowest BCUT2D eigenvalue weighted by molar-refractivity contribution is 0.179. The van der Waals surface area contributed by atoms with Crippen molar-refractivity contribution in [2.75, 3.05) is 20.2 Å². The van der Waals surface area contributed by atoms with Gasteiger partial charge in [0.05, 0.1) is 13.2 Å². The highest BCUT2D eigenvalue weighted by molar-refractivity contribution is 5.36. The van der Waals surface area contributed by atoms with E-state index in [1.54, 1.807) is 7.11 Å². The molecule has 0 heterocycles. The normalized spacial score (nSPS) is 14.4. The SMILES string of the molecule is CCCCN(CC)C(c1ccccc1OC)C(C)N. The highest BCUT2D eigenvalue weighted by atomic mass is 16.5. The van der Waals surface area contributed by atoms with Crippen molar-refractivity contribution < 1.29 is 4.74 Å². The fraction of sp³-hybridized carbons (Fsp3) is 0.625. The van der Waals surface area contributed by atoms with E-state index in [-0.39, 0.29) is 12.1 Å². The Morgan fingerprint density at radius 3 is 2.47 bits per heavy atom. The van der Waals surface area contributed by atoms with E-state index in [2.05, 4.69) is 37.8 Å². The van der Waals surface area contributed by atoms with Gasteiger partial charge in [-0.05, 0) is 32.5 Å².